The Labute approximate surface area is 130 Å². The fourth-order valence-electron chi connectivity index (χ4n) is 1.23. The monoisotopic (exact) mass is 335 g/mol. The minimum absolute atomic E-state index is 0.163. The second-order valence-corrected chi connectivity index (χ2v) is 4.41. The van der Waals surface area contributed by atoms with Crippen LogP contribution in [0.25, 0.3) is 0 Å². The number of nitrogens with two attached hydrogens (primary N) is 1. The molecule has 0 saturated heterocycles. The maximum absolute atomic E-state index is 11.4. The predicted octanol–water partition coefficient (Wildman–Crippen LogP) is -2.00. The van der Waals surface area contributed by atoms with Gasteiger partial charge in [0, 0.05) is 13.3 Å². The van der Waals surface area contributed by atoms with Crippen LogP contribution < -0.4 is 11.1 Å². The molecule has 0 fully saturated rings. The molecule has 23 heavy (non-hydrogen) atoms. The third kappa shape index (κ3) is 9.73. The molecule has 0 bridgehead atoms. The second-order valence-electron chi connectivity index (χ2n) is 4.41. The average Bonchev–Trinajstić information content (AvgIpc) is 2.46. The predicted molar refractivity (Wildman–Crippen MR) is 71.4 cm³/mol. The number of ketones is 1. The number of carbonyl (C=O) groups is 4. The van der Waals surface area contributed by atoms with Crippen molar-refractivity contribution in [2.24, 2.45) is 5.73 Å². The number of nitrogens with one attached hydrogen (secondary N) is 1. The molecule has 0 spiro atoms. The van der Waals surface area contributed by atoms with Gasteiger partial charge in [0.05, 0.1) is 6.04 Å². The normalized spacial score (nSPS) is 12.6. The molecule has 0 radical (unpaired) electrons. The van der Waals surface area contributed by atoms with E-state index in [-0.39, 0.29) is 12.8 Å². The smallest absolute Gasteiger partial charge is 0.320 e. The van der Waals surface area contributed by atoms with E-state index < -0.39 is 54.0 Å². The summed E-state index contributed by atoms with van der Waals surface area (Å²) in [6, 6.07) is -2.34. The number of aliphatic carboxylic acids is 1. The molecule has 12 nitrogen and oxygen atoms in total. The van der Waals surface area contributed by atoms with Crippen LogP contribution >= 0.6 is 0 Å². The number of nitrogens with zero attached hydrogens (tertiary/aromatic N) is 1. The summed E-state index contributed by atoms with van der Waals surface area (Å²) >= 11 is 0. The van der Waals surface area contributed by atoms with Gasteiger partial charge in [-0.1, -0.05) is 0 Å². The molecule has 2 atom stereocenters. The van der Waals surface area contributed by atoms with Crippen LogP contribution in [0.15, 0.2) is 0 Å². The molecule has 0 saturated carbocycles. The molecule has 0 aromatic rings. The molecule has 0 unspecified atom stereocenters. The van der Waals surface area contributed by atoms with Gasteiger partial charge in [-0.25, -0.2) is 0 Å². The van der Waals surface area contributed by atoms with Gasteiger partial charge in [-0.2, -0.15) is 0 Å². The summed E-state index contributed by atoms with van der Waals surface area (Å²) in [5.74, 6) is -3.95. The lowest BCUT2D eigenvalue weighted by Gasteiger charge is -2.17. The molecule has 1 amide bonds. The number of hydrogen-bond acceptors (Lipinski definition) is 9. The highest BCUT2D eigenvalue weighted by Gasteiger charge is 2.20. The van der Waals surface area contributed by atoms with Crippen LogP contribution in [0, 0.1) is 10.1 Å². The fraction of sp³-hybridized carbons (Fsp3) is 0.636. The molecule has 0 aliphatic rings. The van der Waals surface area contributed by atoms with Crippen molar-refractivity contribution in [1.29, 1.82) is 0 Å². The summed E-state index contributed by atoms with van der Waals surface area (Å²) < 4.78 is 4.73. The average molecular weight is 335 g/mol. The van der Waals surface area contributed by atoms with E-state index in [0.717, 1.165) is 6.92 Å². The summed E-state index contributed by atoms with van der Waals surface area (Å²) in [4.78, 5) is 58.1. The quantitative estimate of drug-likeness (QED) is 0.165. The number of carboxylic acids is 1. The third-order valence-corrected chi connectivity index (χ3v) is 2.46. The van der Waals surface area contributed by atoms with E-state index in [0.29, 0.717) is 0 Å². The number of hydrogen-bond donors (Lipinski definition) is 3. The van der Waals surface area contributed by atoms with Crippen molar-refractivity contribution in [3.8, 4) is 0 Å². The highest BCUT2D eigenvalue weighted by atomic mass is 16.9. The molecular weight excluding hydrogens is 318 g/mol. The van der Waals surface area contributed by atoms with Gasteiger partial charge in [0.25, 0.3) is 11.0 Å². The Morgan fingerprint density at radius 2 is 1.91 bits per heavy atom. The van der Waals surface area contributed by atoms with Crippen LogP contribution in [-0.2, 0) is 28.8 Å². The van der Waals surface area contributed by atoms with Crippen molar-refractivity contribution < 1.29 is 38.9 Å². The van der Waals surface area contributed by atoms with Gasteiger partial charge >= 0.3 is 11.9 Å². The number of ether oxygens (including phenoxy) is 1. The summed E-state index contributed by atoms with van der Waals surface area (Å²) in [5, 5.41) is 19.7. The topological polar surface area (TPSA) is 188 Å². The SMILES string of the molecule is CC(=O)C(=O)N[C@@H](COC(=O)CC[C@H](N)C(=O)O)CO[N+](=O)[O-]. The zero-order chi connectivity index (χ0) is 18.0. The molecule has 0 aromatic heterocycles. The van der Waals surface area contributed by atoms with E-state index in [1.54, 1.807) is 0 Å². The second kappa shape index (κ2) is 10.0. The first-order chi connectivity index (χ1) is 10.6. The fourth-order valence-corrected chi connectivity index (χ4v) is 1.23. The summed E-state index contributed by atoms with van der Waals surface area (Å²) in [6.07, 6.45) is -0.457. The lowest BCUT2D eigenvalue weighted by molar-refractivity contribution is -0.758. The molecule has 4 N–H and O–H groups in total. The van der Waals surface area contributed by atoms with Gasteiger partial charge in [0.1, 0.15) is 19.3 Å². The first-order valence-corrected chi connectivity index (χ1v) is 6.36. The van der Waals surface area contributed by atoms with Crippen LogP contribution in [0.5, 0.6) is 0 Å². The van der Waals surface area contributed by atoms with Crippen LogP contribution in [0.1, 0.15) is 19.8 Å². The third-order valence-electron chi connectivity index (χ3n) is 2.46. The lowest BCUT2D eigenvalue weighted by atomic mass is 10.2. The maximum atomic E-state index is 11.4. The van der Waals surface area contributed by atoms with Crippen molar-refractivity contribution in [3.63, 3.8) is 0 Å². The first kappa shape index (κ1) is 20.2. The minimum Gasteiger partial charge on any atom is -0.480 e. The summed E-state index contributed by atoms with van der Waals surface area (Å²) in [5.41, 5.74) is 5.20. The molecular formula is C11H17N3O9. The Kier molecular flexibility index (Phi) is 8.84. The molecule has 12 heteroatoms. The van der Waals surface area contributed by atoms with Crippen LogP contribution in [-0.4, -0.2) is 59.1 Å². The van der Waals surface area contributed by atoms with E-state index in [1.807, 2.05) is 0 Å². The van der Waals surface area contributed by atoms with Crippen LogP contribution in [0.2, 0.25) is 0 Å². The minimum atomic E-state index is -1.27. The number of amides is 1. The number of carbonyl (C=O) groups excluding carboxylic acids is 3. The molecule has 0 aliphatic carbocycles. The van der Waals surface area contributed by atoms with Gasteiger partial charge in [-0.05, 0) is 6.42 Å². The van der Waals surface area contributed by atoms with Gasteiger partial charge in [-0.15, -0.1) is 10.1 Å². The highest BCUT2D eigenvalue weighted by Crippen LogP contribution is 1.99. The number of Topliss-reactive ketones (excluding diaryl/α,β-unsaturated/α-hetero) is 1. The lowest BCUT2D eigenvalue weighted by Crippen LogP contribution is -2.44. The Balaban J connectivity index is 4.37. The van der Waals surface area contributed by atoms with Gasteiger partial charge in [0.15, 0.2) is 0 Å². The summed E-state index contributed by atoms with van der Waals surface area (Å²) in [6.45, 7) is -0.137. The molecule has 0 heterocycles. The van der Waals surface area contributed by atoms with Crippen molar-refractivity contribution >= 4 is 23.6 Å². The van der Waals surface area contributed by atoms with E-state index in [2.05, 4.69) is 10.2 Å². The van der Waals surface area contributed by atoms with Crippen LogP contribution in [0.4, 0.5) is 0 Å². The summed E-state index contributed by atoms with van der Waals surface area (Å²) in [7, 11) is 0. The van der Waals surface area contributed by atoms with Gasteiger partial charge in [0.2, 0.25) is 5.78 Å². The maximum Gasteiger partial charge on any atom is 0.320 e. The van der Waals surface area contributed by atoms with Gasteiger partial charge < -0.3 is 25.7 Å². The van der Waals surface area contributed by atoms with Gasteiger partial charge in [-0.3, -0.25) is 19.2 Å². The highest BCUT2D eigenvalue weighted by molar-refractivity contribution is 6.35. The van der Waals surface area contributed by atoms with Crippen molar-refractivity contribution in [2.45, 2.75) is 31.8 Å². The molecule has 130 valence electrons. The molecule has 0 aliphatic heterocycles. The number of carboxylic acid groups (broad SMARTS) is 1. The Morgan fingerprint density at radius 3 is 2.39 bits per heavy atom. The van der Waals surface area contributed by atoms with Crippen LogP contribution in [0.3, 0.4) is 0 Å². The van der Waals surface area contributed by atoms with E-state index in [9.17, 15) is 29.3 Å². The first-order valence-electron chi connectivity index (χ1n) is 6.36. The van der Waals surface area contributed by atoms with E-state index >= 15 is 0 Å². The zero-order valence-corrected chi connectivity index (χ0v) is 12.2. The standard InChI is InChI=1S/C11H17N3O9/c1-6(15)10(17)13-7(5-23-14(20)21)4-22-9(16)3-2-8(12)11(18)19/h7-8H,2-5,12H2,1H3,(H,13,17)(H,18,19)/t7-,8-/m0/s1. The zero-order valence-electron chi connectivity index (χ0n) is 12.2. The Morgan fingerprint density at radius 1 is 1.30 bits per heavy atom. The molecule has 0 aromatic carbocycles. The largest absolute Gasteiger partial charge is 0.480 e. The van der Waals surface area contributed by atoms with Crippen molar-refractivity contribution in [2.75, 3.05) is 13.2 Å². The number of esters is 1. The van der Waals surface area contributed by atoms with Crippen molar-refractivity contribution in [3.05, 3.63) is 10.1 Å². The Bertz CT molecular complexity index is 479. The van der Waals surface area contributed by atoms with E-state index in [4.69, 9.17) is 15.6 Å². The number of rotatable bonds is 11. The van der Waals surface area contributed by atoms with E-state index in [1.165, 1.54) is 0 Å². The van der Waals surface area contributed by atoms with Crippen molar-refractivity contribution in [1.82, 2.24) is 5.32 Å². The molecule has 0 rings (SSSR count). The Hall–Kier alpha value is -2.76.